The SMILES string of the molecule is CCCCCCN(C(=O)OCC)[C@@H](CCCCN)C(=O)O. The lowest BCUT2D eigenvalue weighted by Crippen LogP contribution is -2.46. The summed E-state index contributed by atoms with van der Waals surface area (Å²) < 4.78 is 5.00. The fraction of sp³-hybridized carbons (Fsp3) is 0.867. The molecule has 0 aromatic rings. The van der Waals surface area contributed by atoms with E-state index in [1.54, 1.807) is 6.92 Å². The predicted octanol–water partition coefficient (Wildman–Crippen LogP) is 2.61. The molecule has 0 aliphatic carbocycles. The Balaban J connectivity index is 4.67. The summed E-state index contributed by atoms with van der Waals surface area (Å²) in [5.41, 5.74) is 5.44. The number of hydrogen-bond donors (Lipinski definition) is 2. The van der Waals surface area contributed by atoms with Crippen molar-refractivity contribution in [1.29, 1.82) is 0 Å². The number of aliphatic carboxylic acids is 1. The van der Waals surface area contributed by atoms with Crippen molar-refractivity contribution in [3.05, 3.63) is 0 Å². The quantitative estimate of drug-likeness (QED) is 0.540. The summed E-state index contributed by atoms with van der Waals surface area (Å²) in [6.07, 6.45) is 5.30. The second-order valence-corrected chi connectivity index (χ2v) is 5.09. The number of ether oxygens (including phenoxy) is 1. The molecule has 0 saturated carbocycles. The molecule has 6 heteroatoms. The van der Waals surface area contributed by atoms with Gasteiger partial charge in [0, 0.05) is 6.54 Å². The molecule has 0 unspecified atom stereocenters. The van der Waals surface area contributed by atoms with E-state index in [0.29, 0.717) is 25.9 Å². The van der Waals surface area contributed by atoms with Gasteiger partial charge in [0.05, 0.1) is 6.61 Å². The highest BCUT2D eigenvalue weighted by Crippen LogP contribution is 2.13. The average molecular weight is 302 g/mol. The van der Waals surface area contributed by atoms with Gasteiger partial charge < -0.3 is 15.6 Å². The standard InChI is InChI=1S/C15H30N2O4/c1-3-5-6-9-12-17(15(20)21-4-2)13(14(18)19)10-7-8-11-16/h13H,3-12,16H2,1-2H3,(H,18,19)/t13-/m0/s1. The summed E-state index contributed by atoms with van der Waals surface area (Å²) in [5.74, 6) is -0.976. The molecule has 3 N–H and O–H groups in total. The second kappa shape index (κ2) is 12.4. The topological polar surface area (TPSA) is 92.9 Å². The summed E-state index contributed by atoms with van der Waals surface area (Å²) in [7, 11) is 0. The van der Waals surface area contributed by atoms with Gasteiger partial charge in [-0.25, -0.2) is 9.59 Å². The van der Waals surface area contributed by atoms with Crippen LogP contribution >= 0.6 is 0 Å². The molecule has 0 aliphatic rings. The van der Waals surface area contributed by atoms with Crippen molar-refractivity contribution in [2.24, 2.45) is 5.73 Å². The molecule has 0 bridgehead atoms. The zero-order valence-corrected chi connectivity index (χ0v) is 13.3. The van der Waals surface area contributed by atoms with Crippen LogP contribution in [0.5, 0.6) is 0 Å². The van der Waals surface area contributed by atoms with Crippen molar-refractivity contribution >= 4 is 12.1 Å². The van der Waals surface area contributed by atoms with Gasteiger partial charge in [-0.05, 0) is 39.2 Å². The van der Waals surface area contributed by atoms with Crippen LogP contribution in [-0.2, 0) is 9.53 Å². The third-order valence-electron chi connectivity index (χ3n) is 3.35. The molecule has 0 aliphatic heterocycles. The van der Waals surface area contributed by atoms with Crippen LogP contribution in [0.3, 0.4) is 0 Å². The fourth-order valence-electron chi connectivity index (χ4n) is 2.18. The van der Waals surface area contributed by atoms with Crippen molar-refractivity contribution in [2.75, 3.05) is 19.7 Å². The van der Waals surface area contributed by atoms with Gasteiger partial charge in [0.1, 0.15) is 6.04 Å². The molecule has 0 fully saturated rings. The number of carbonyl (C=O) groups excluding carboxylic acids is 1. The number of nitrogens with zero attached hydrogens (tertiary/aromatic N) is 1. The Kier molecular flexibility index (Phi) is 11.7. The molecule has 0 radical (unpaired) electrons. The molecule has 6 nitrogen and oxygen atoms in total. The van der Waals surface area contributed by atoms with E-state index in [9.17, 15) is 14.7 Å². The summed E-state index contributed by atoms with van der Waals surface area (Å²) in [6.45, 7) is 5.04. The highest BCUT2D eigenvalue weighted by Gasteiger charge is 2.29. The first-order valence-electron chi connectivity index (χ1n) is 7.94. The molecule has 0 aromatic heterocycles. The highest BCUT2D eigenvalue weighted by atomic mass is 16.6. The van der Waals surface area contributed by atoms with Gasteiger partial charge in [0.2, 0.25) is 0 Å². The number of amides is 1. The van der Waals surface area contributed by atoms with Gasteiger partial charge in [-0.15, -0.1) is 0 Å². The van der Waals surface area contributed by atoms with Gasteiger partial charge in [-0.1, -0.05) is 26.2 Å². The zero-order valence-electron chi connectivity index (χ0n) is 13.3. The number of rotatable bonds is 12. The molecule has 124 valence electrons. The largest absolute Gasteiger partial charge is 0.480 e. The third kappa shape index (κ3) is 8.55. The smallest absolute Gasteiger partial charge is 0.410 e. The molecule has 0 rings (SSSR count). The van der Waals surface area contributed by atoms with Gasteiger partial charge in [0.15, 0.2) is 0 Å². The van der Waals surface area contributed by atoms with Crippen LogP contribution < -0.4 is 5.73 Å². The van der Waals surface area contributed by atoms with Crippen LogP contribution in [0.15, 0.2) is 0 Å². The van der Waals surface area contributed by atoms with E-state index >= 15 is 0 Å². The van der Waals surface area contributed by atoms with E-state index < -0.39 is 18.1 Å². The van der Waals surface area contributed by atoms with Crippen molar-refractivity contribution in [3.8, 4) is 0 Å². The molecule has 1 amide bonds. The van der Waals surface area contributed by atoms with E-state index in [4.69, 9.17) is 10.5 Å². The van der Waals surface area contributed by atoms with Crippen LogP contribution in [0.2, 0.25) is 0 Å². The minimum absolute atomic E-state index is 0.249. The number of hydrogen-bond acceptors (Lipinski definition) is 4. The first-order valence-corrected chi connectivity index (χ1v) is 7.94. The van der Waals surface area contributed by atoms with Gasteiger partial charge in [-0.2, -0.15) is 0 Å². The molecule has 1 atom stereocenters. The minimum Gasteiger partial charge on any atom is -0.480 e. The number of carboxylic acids is 1. The zero-order chi connectivity index (χ0) is 16.1. The van der Waals surface area contributed by atoms with Crippen LogP contribution in [0, 0.1) is 0 Å². The Morgan fingerprint density at radius 3 is 2.38 bits per heavy atom. The second-order valence-electron chi connectivity index (χ2n) is 5.09. The van der Waals surface area contributed by atoms with E-state index in [1.807, 2.05) is 0 Å². The van der Waals surface area contributed by atoms with Crippen molar-refractivity contribution in [1.82, 2.24) is 4.90 Å². The predicted molar refractivity (Wildman–Crippen MR) is 82.2 cm³/mol. The molecular weight excluding hydrogens is 272 g/mol. The minimum atomic E-state index is -0.976. The van der Waals surface area contributed by atoms with Gasteiger partial charge in [0.25, 0.3) is 0 Å². The molecule has 0 heterocycles. The molecule has 21 heavy (non-hydrogen) atoms. The maximum Gasteiger partial charge on any atom is 0.410 e. The first-order chi connectivity index (χ1) is 10.1. The lowest BCUT2D eigenvalue weighted by Gasteiger charge is -2.28. The number of carbonyl (C=O) groups is 2. The van der Waals surface area contributed by atoms with Crippen LogP contribution in [0.25, 0.3) is 0 Å². The Hall–Kier alpha value is -1.30. The monoisotopic (exact) mass is 302 g/mol. The van der Waals surface area contributed by atoms with E-state index in [1.165, 1.54) is 4.90 Å². The van der Waals surface area contributed by atoms with Crippen LogP contribution in [0.1, 0.15) is 58.8 Å². The average Bonchev–Trinajstić information content (AvgIpc) is 2.45. The summed E-state index contributed by atoms with van der Waals surface area (Å²) in [6, 6.07) is -0.822. The maximum atomic E-state index is 12.0. The lowest BCUT2D eigenvalue weighted by atomic mass is 10.1. The Bertz CT molecular complexity index is 297. The van der Waals surface area contributed by atoms with Crippen LogP contribution in [-0.4, -0.2) is 47.8 Å². The van der Waals surface area contributed by atoms with E-state index in [2.05, 4.69) is 6.92 Å². The fourth-order valence-corrected chi connectivity index (χ4v) is 2.18. The van der Waals surface area contributed by atoms with Crippen molar-refractivity contribution < 1.29 is 19.4 Å². The van der Waals surface area contributed by atoms with E-state index in [0.717, 1.165) is 32.1 Å². The number of nitrogens with two attached hydrogens (primary N) is 1. The summed E-state index contributed by atoms with van der Waals surface area (Å²) in [5, 5.41) is 9.38. The first kappa shape index (κ1) is 19.7. The van der Waals surface area contributed by atoms with Gasteiger partial charge in [-0.3, -0.25) is 4.90 Å². The van der Waals surface area contributed by atoms with Crippen molar-refractivity contribution in [2.45, 2.75) is 64.8 Å². The Labute approximate surface area is 127 Å². The number of carboxylic acid groups (broad SMARTS) is 1. The summed E-state index contributed by atoms with van der Waals surface area (Å²) in [4.78, 5) is 24.8. The highest BCUT2D eigenvalue weighted by molar-refractivity contribution is 5.80. The lowest BCUT2D eigenvalue weighted by molar-refractivity contribution is -0.143. The van der Waals surface area contributed by atoms with Gasteiger partial charge >= 0.3 is 12.1 Å². The molecular formula is C15H30N2O4. The number of unbranched alkanes of at least 4 members (excludes halogenated alkanes) is 4. The molecule has 0 aromatic carbocycles. The van der Waals surface area contributed by atoms with Crippen molar-refractivity contribution in [3.63, 3.8) is 0 Å². The maximum absolute atomic E-state index is 12.0. The Morgan fingerprint density at radius 1 is 1.14 bits per heavy atom. The van der Waals surface area contributed by atoms with Crippen LogP contribution in [0.4, 0.5) is 4.79 Å². The summed E-state index contributed by atoms with van der Waals surface area (Å²) >= 11 is 0. The Morgan fingerprint density at radius 2 is 1.86 bits per heavy atom. The third-order valence-corrected chi connectivity index (χ3v) is 3.35. The normalized spacial score (nSPS) is 12.0. The molecule has 0 saturated heterocycles. The van der Waals surface area contributed by atoms with E-state index in [-0.39, 0.29) is 6.61 Å². The molecule has 0 spiro atoms.